The Morgan fingerprint density at radius 2 is 1.52 bits per heavy atom. The average molecular weight is 304 g/mol. The first-order valence-corrected chi connectivity index (χ1v) is 7.71. The Kier molecular flexibility index (Phi) is 4.29. The van der Waals surface area contributed by atoms with Gasteiger partial charge in [0.25, 0.3) is 0 Å². The van der Waals surface area contributed by atoms with E-state index in [1.807, 2.05) is 44.2 Å². The molecule has 0 aliphatic carbocycles. The van der Waals surface area contributed by atoms with Gasteiger partial charge in [-0.1, -0.05) is 36.4 Å². The van der Waals surface area contributed by atoms with Gasteiger partial charge in [-0.2, -0.15) is 0 Å². The van der Waals surface area contributed by atoms with E-state index in [1.54, 1.807) is 0 Å². The van der Waals surface area contributed by atoms with Crippen LogP contribution in [0.5, 0.6) is 0 Å². The zero-order valence-corrected chi connectivity index (χ0v) is 13.4. The highest BCUT2D eigenvalue weighted by Crippen LogP contribution is 2.19. The van der Waals surface area contributed by atoms with E-state index in [2.05, 4.69) is 41.0 Å². The number of benzene rings is 3. The molecule has 116 valence electrons. The van der Waals surface area contributed by atoms with E-state index in [9.17, 15) is 4.79 Å². The molecule has 2 N–H and O–H groups in total. The number of hydrogen-bond acceptors (Lipinski definition) is 2. The molecule has 3 nitrogen and oxygen atoms in total. The molecule has 0 saturated carbocycles. The fourth-order valence-corrected chi connectivity index (χ4v) is 2.73. The highest BCUT2D eigenvalue weighted by atomic mass is 16.1. The monoisotopic (exact) mass is 304 g/mol. The minimum atomic E-state index is -0.0526. The summed E-state index contributed by atoms with van der Waals surface area (Å²) < 4.78 is 0. The van der Waals surface area contributed by atoms with Gasteiger partial charge in [0.2, 0.25) is 5.91 Å². The lowest BCUT2D eigenvalue weighted by Gasteiger charge is -2.10. The number of rotatable bonds is 4. The molecule has 0 aromatic heterocycles. The summed E-state index contributed by atoms with van der Waals surface area (Å²) in [6.07, 6.45) is 0. The molecule has 1 amide bonds. The highest BCUT2D eigenvalue weighted by molar-refractivity contribution is 5.94. The molecule has 0 radical (unpaired) electrons. The predicted molar refractivity (Wildman–Crippen MR) is 97.0 cm³/mol. The standard InChI is InChI=1S/C20H20N2O/c1-14-9-15(2)11-19(10-14)22-20(23)13-21-18-8-7-16-5-3-4-6-17(16)12-18/h3-12,21H,13H2,1-2H3,(H,22,23). The van der Waals surface area contributed by atoms with Crippen LogP contribution in [0.15, 0.2) is 60.7 Å². The maximum absolute atomic E-state index is 12.1. The summed E-state index contributed by atoms with van der Waals surface area (Å²) in [4.78, 5) is 12.1. The molecule has 3 aromatic rings. The molecular weight excluding hydrogens is 284 g/mol. The zero-order valence-electron chi connectivity index (χ0n) is 13.4. The second kappa shape index (κ2) is 6.53. The number of nitrogens with one attached hydrogen (secondary N) is 2. The summed E-state index contributed by atoms with van der Waals surface area (Å²) in [5.74, 6) is -0.0526. The van der Waals surface area contributed by atoms with Gasteiger partial charge in [0.15, 0.2) is 0 Å². The van der Waals surface area contributed by atoms with Crippen LogP contribution in [-0.2, 0) is 4.79 Å². The van der Waals surface area contributed by atoms with E-state index in [0.717, 1.165) is 27.9 Å². The Morgan fingerprint density at radius 1 is 0.826 bits per heavy atom. The third-order valence-corrected chi connectivity index (χ3v) is 3.71. The quantitative estimate of drug-likeness (QED) is 0.744. The highest BCUT2D eigenvalue weighted by Gasteiger charge is 2.04. The SMILES string of the molecule is Cc1cc(C)cc(NC(=O)CNc2ccc3ccccc3c2)c1. The van der Waals surface area contributed by atoms with Gasteiger partial charge in [-0.25, -0.2) is 0 Å². The second-order valence-electron chi connectivity index (χ2n) is 5.84. The van der Waals surface area contributed by atoms with Crippen molar-refractivity contribution in [3.8, 4) is 0 Å². The molecule has 0 aliphatic heterocycles. The first kappa shape index (κ1) is 15.1. The number of amides is 1. The topological polar surface area (TPSA) is 41.1 Å². The van der Waals surface area contributed by atoms with Crippen molar-refractivity contribution in [2.45, 2.75) is 13.8 Å². The van der Waals surface area contributed by atoms with Crippen molar-refractivity contribution in [3.05, 3.63) is 71.8 Å². The molecule has 0 bridgehead atoms. The Hall–Kier alpha value is -2.81. The molecule has 0 saturated heterocycles. The molecule has 0 unspecified atom stereocenters. The van der Waals surface area contributed by atoms with Crippen LogP contribution in [0.25, 0.3) is 10.8 Å². The van der Waals surface area contributed by atoms with Gasteiger partial charge in [-0.3, -0.25) is 4.79 Å². The van der Waals surface area contributed by atoms with E-state index >= 15 is 0 Å². The van der Waals surface area contributed by atoms with Crippen molar-refractivity contribution >= 4 is 28.1 Å². The number of fused-ring (bicyclic) bond motifs is 1. The third-order valence-electron chi connectivity index (χ3n) is 3.71. The van der Waals surface area contributed by atoms with Crippen LogP contribution in [0.4, 0.5) is 11.4 Å². The fourth-order valence-electron chi connectivity index (χ4n) is 2.73. The molecule has 0 aliphatic rings. The normalized spacial score (nSPS) is 10.5. The Labute approximate surface area is 136 Å². The molecule has 0 spiro atoms. The van der Waals surface area contributed by atoms with E-state index in [4.69, 9.17) is 0 Å². The summed E-state index contributed by atoms with van der Waals surface area (Å²) in [5, 5.41) is 8.46. The van der Waals surface area contributed by atoms with Crippen molar-refractivity contribution < 1.29 is 4.79 Å². The molecule has 23 heavy (non-hydrogen) atoms. The van der Waals surface area contributed by atoms with Crippen LogP contribution < -0.4 is 10.6 Å². The predicted octanol–water partition coefficient (Wildman–Crippen LogP) is 4.51. The first-order chi connectivity index (χ1) is 11.1. The summed E-state index contributed by atoms with van der Waals surface area (Å²) in [7, 11) is 0. The number of anilines is 2. The lowest BCUT2D eigenvalue weighted by atomic mass is 10.1. The van der Waals surface area contributed by atoms with Crippen LogP contribution >= 0.6 is 0 Å². The minimum Gasteiger partial charge on any atom is -0.376 e. The van der Waals surface area contributed by atoms with Gasteiger partial charge in [-0.05, 0) is 60.0 Å². The van der Waals surface area contributed by atoms with Gasteiger partial charge in [0.1, 0.15) is 0 Å². The maximum Gasteiger partial charge on any atom is 0.243 e. The zero-order chi connectivity index (χ0) is 16.2. The Bertz CT molecular complexity index is 835. The lowest BCUT2D eigenvalue weighted by molar-refractivity contribution is -0.114. The molecule has 0 atom stereocenters. The van der Waals surface area contributed by atoms with Gasteiger partial charge in [0.05, 0.1) is 6.54 Å². The molecule has 3 rings (SSSR count). The molecule has 0 heterocycles. The van der Waals surface area contributed by atoms with Crippen molar-refractivity contribution in [3.63, 3.8) is 0 Å². The number of hydrogen-bond donors (Lipinski definition) is 2. The van der Waals surface area contributed by atoms with Crippen LogP contribution in [0.2, 0.25) is 0 Å². The molecular formula is C20H20N2O. The third kappa shape index (κ3) is 3.89. The first-order valence-electron chi connectivity index (χ1n) is 7.71. The van der Waals surface area contributed by atoms with Crippen molar-refractivity contribution in [1.82, 2.24) is 0 Å². The fraction of sp³-hybridized carbons (Fsp3) is 0.150. The van der Waals surface area contributed by atoms with Gasteiger partial charge >= 0.3 is 0 Å². The lowest BCUT2D eigenvalue weighted by Crippen LogP contribution is -2.21. The van der Waals surface area contributed by atoms with Crippen LogP contribution in [-0.4, -0.2) is 12.5 Å². The van der Waals surface area contributed by atoms with Crippen LogP contribution in [0.3, 0.4) is 0 Å². The van der Waals surface area contributed by atoms with E-state index in [-0.39, 0.29) is 12.5 Å². The van der Waals surface area contributed by atoms with Crippen molar-refractivity contribution in [2.24, 2.45) is 0 Å². The molecule has 0 fully saturated rings. The number of aryl methyl sites for hydroxylation is 2. The Morgan fingerprint density at radius 3 is 2.26 bits per heavy atom. The largest absolute Gasteiger partial charge is 0.376 e. The van der Waals surface area contributed by atoms with Gasteiger partial charge in [-0.15, -0.1) is 0 Å². The van der Waals surface area contributed by atoms with Gasteiger partial charge < -0.3 is 10.6 Å². The minimum absolute atomic E-state index is 0.0526. The summed E-state index contributed by atoms with van der Waals surface area (Å²) in [5.41, 5.74) is 4.07. The Balaban J connectivity index is 1.63. The van der Waals surface area contributed by atoms with E-state index in [0.29, 0.717) is 0 Å². The van der Waals surface area contributed by atoms with Crippen LogP contribution in [0.1, 0.15) is 11.1 Å². The maximum atomic E-state index is 12.1. The number of carbonyl (C=O) groups excluding carboxylic acids is 1. The molecule has 3 aromatic carbocycles. The van der Waals surface area contributed by atoms with Crippen molar-refractivity contribution in [2.75, 3.05) is 17.2 Å². The van der Waals surface area contributed by atoms with Gasteiger partial charge in [0, 0.05) is 11.4 Å². The van der Waals surface area contributed by atoms with Crippen molar-refractivity contribution in [1.29, 1.82) is 0 Å². The summed E-state index contributed by atoms with van der Waals surface area (Å²) >= 11 is 0. The summed E-state index contributed by atoms with van der Waals surface area (Å²) in [6, 6.07) is 20.3. The van der Waals surface area contributed by atoms with E-state index < -0.39 is 0 Å². The summed E-state index contributed by atoms with van der Waals surface area (Å²) in [6.45, 7) is 4.29. The van der Waals surface area contributed by atoms with E-state index in [1.165, 1.54) is 5.39 Å². The van der Waals surface area contributed by atoms with Crippen LogP contribution in [0, 0.1) is 13.8 Å². The molecule has 3 heteroatoms. The number of carbonyl (C=O) groups is 1. The second-order valence-corrected chi connectivity index (χ2v) is 5.84. The smallest absolute Gasteiger partial charge is 0.243 e. The average Bonchev–Trinajstić information content (AvgIpc) is 2.52.